The Morgan fingerprint density at radius 3 is 2.90 bits per heavy atom. The van der Waals surface area contributed by atoms with E-state index in [-0.39, 0.29) is 12.3 Å². The third-order valence-corrected chi connectivity index (χ3v) is 4.13. The molecule has 5 nitrogen and oxygen atoms in total. The molecule has 0 spiro atoms. The second-order valence-corrected chi connectivity index (χ2v) is 5.93. The number of rotatable bonds is 3. The predicted octanol–water partition coefficient (Wildman–Crippen LogP) is 1.70. The van der Waals surface area contributed by atoms with Crippen LogP contribution in [0.1, 0.15) is 23.1 Å². The van der Waals surface area contributed by atoms with Crippen molar-refractivity contribution in [2.75, 3.05) is 13.1 Å². The molecule has 0 fully saturated rings. The Kier molecular flexibility index (Phi) is 4.77. The highest BCUT2D eigenvalue weighted by Crippen LogP contribution is 2.28. The monoisotopic (exact) mass is 339 g/mol. The van der Waals surface area contributed by atoms with Crippen molar-refractivity contribution < 1.29 is 9.59 Å². The fraction of sp³-hybridized carbons (Fsp3) is 0.429. The zero-order chi connectivity index (χ0) is 14.7. The number of hydrogen-bond donors (Lipinski definition) is 2. The molecular weight excluding hydrogens is 322 g/mol. The SMILES string of the molecule is Cc1cc(Br)c2c(c1)CN(CCC(=O)NC(N)=O)CC2. The Morgan fingerprint density at radius 2 is 2.20 bits per heavy atom. The van der Waals surface area contributed by atoms with Crippen molar-refractivity contribution >= 4 is 27.9 Å². The highest BCUT2D eigenvalue weighted by Gasteiger charge is 2.19. The highest BCUT2D eigenvalue weighted by atomic mass is 79.9. The number of primary amides is 1. The molecule has 2 rings (SSSR count). The Bertz CT molecular complexity index is 545. The highest BCUT2D eigenvalue weighted by molar-refractivity contribution is 9.10. The molecule has 0 radical (unpaired) electrons. The van der Waals surface area contributed by atoms with Crippen LogP contribution in [-0.2, 0) is 17.8 Å². The van der Waals surface area contributed by atoms with Gasteiger partial charge in [-0.3, -0.25) is 15.0 Å². The van der Waals surface area contributed by atoms with Gasteiger partial charge in [0.25, 0.3) is 0 Å². The van der Waals surface area contributed by atoms with Gasteiger partial charge in [0.15, 0.2) is 0 Å². The summed E-state index contributed by atoms with van der Waals surface area (Å²) in [7, 11) is 0. The molecule has 108 valence electrons. The van der Waals surface area contributed by atoms with Gasteiger partial charge in [-0.15, -0.1) is 0 Å². The Balaban J connectivity index is 1.94. The summed E-state index contributed by atoms with van der Waals surface area (Å²) < 4.78 is 1.17. The van der Waals surface area contributed by atoms with Crippen LogP contribution in [-0.4, -0.2) is 29.9 Å². The smallest absolute Gasteiger partial charge is 0.318 e. The average Bonchev–Trinajstić information content (AvgIpc) is 2.34. The van der Waals surface area contributed by atoms with Crippen LogP contribution in [0.3, 0.4) is 0 Å². The van der Waals surface area contributed by atoms with Gasteiger partial charge in [-0.1, -0.05) is 22.0 Å². The number of urea groups is 1. The molecule has 1 aromatic carbocycles. The number of imide groups is 1. The van der Waals surface area contributed by atoms with E-state index in [4.69, 9.17) is 5.73 Å². The number of hydrogen-bond acceptors (Lipinski definition) is 3. The van der Waals surface area contributed by atoms with E-state index >= 15 is 0 Å². The van der Waals surface area contributed by atoms with Crippen LogP contribution in [0.25, 0.3) is 0 Å². The van der Waals surface area contributed by atoms with Crippen LogP contribution in [0.2, 0.25) is 0 Å². The minimum atomic E-state index is -0.793. The molecule has 1 aromatic rings. The second kappa shape index (κ2) is 6.37. The molecule has 0 aromatic heterocycles. The maximum absolute atomic E-state index is 11.4. The van der Waals surface area contributed by atoms with Gasteiger partial charge in [0.1, 0.15) is 0 Å². The lowest BCUT2D eigenvalue weighted by molar-refractivity contribution is -0.120. The van der Waals surface area contributed by atoms with Crippen molar-refractivity contribution in [1.29, 1.82) is 0 Å². The summed E-state index contributed by atoms with van der Waals surface area (Å²) in [5.74, 6) is -0.325. The fourth-order valence-corrected chi connectivity index (χ4v) is 3.32. The van der Waals surface area contributed by atoms with Crippen LogP contribution in [0.4, 0.5) is 4.79 Å². The van der Waals surface area contributed by atoms with Gasteiger partial charge in [-0.2, -0.15) is 0 Å². The zero-order valence-electron chi connectivity index (χ0n) is 11.4. The van der Waals surface area contributed by atoms with Crippen molar-refractivity contribution in [3.05, 3.63) is 33.3 Å². The molecule has 3 N–H and O–H groups in total. The quantitative estimate of drug-likeness (QED) is 0.879. The first kappa shape index (κ1) is 15.0. The van der Waals surface area contributed by atoms with Gasteiger partial charge in [0, 0.05) is 30.5 Å². The number of benzene rings is 1. The predicted molar refractivity (Wildman–Crippen MR) is 80.2 cm³/mol. The van der Waals surface area contributed by atoms with Gasteiger partial charge in [0.2, 0.25) is 5.91 Å². The number of nitrogens with zero attached hydrogens (tertiary/aromatic N) is 1. The standard InChI is InChI=1S/C14H18BrN3O2/c1-9-6-10-8-18(4-2-11(10)12(15)7-9)5-3-13(19)17-14(16)20/h6-7H,2-5,8H2,1H3,(H3,16,17,19,20). The Hall–Kier alpha value is -1.40. The number of halogens is 1. The van der Waals surface area contributed by atoms with E-state index in [2.05, 4.69) is 45.2 Å². The fourth-order valence-electron chi connectivity index (χ4n) is 2.51. The van der Waals surface area contributed by atoms with Crippen molar-refractivity contribution in [2.45, 2.75) is 26.3 Å². The largest absolute Gasteiger partial charge is 0.351 e. The van der Waals surface area contributed by atoms with Crippen molar-refractivity contribution in [1.82, 2.24) is 10.2 Å². The summed E-state index contributed by atoms with van der Waals surface area (Å²) in [6.45, 7) is 4.45. The number of carbonyl (C=O) groups is 2. The van der Waals surface area contributed by atoms with Crippen LogP contribution in [0.5, 0.6) is 0 Å². The first-order valence-corrected chi connectivity index (χ1v) is 7.34. The maximum Gasteiger partial charge on any atom is 0.318 e. The molecular formula is C14H18BrN3O2. The normalized spacial score (nSPS) is 14.7. The molecule has 0 bridgehead atoms. The van der Waals surface area contributed by atoms with E-state index in [9.17, 15) is 9.59 Å². The molecule has 1 aliphatic rings. The van der Waals surface area contributed by atoms with E-state index in [1.807, 2.05) is 0 Å². The molecule has 3 amide bonds. The first-order valence-electron chi connectivity index (χ1n) is 6.55. The summed E-state index contributed by atoms with van der Waals surface area (Å²) in [5.41, 5.74) is 8.79. The molecule has 1 heterocycles. The molecule has 0 unspecified atom stereocenters. The van der Waals surface area contributed by atoms with E-state index in [1.54, 1.807) is 0 Å². The Labute approximate surface area is 126 Å². The number of carbonyl (C=O) groups excluding carboxylic acids is 2. The number of amides is 3. The number of aryl methyl sites for hydroxylation is 1. The summed E-state index contributed by atoms with van der Waals surface area (Å²) in [4.78, 5) is 24.2. The molecule has 0 saturated carbocycles. The molecule has 6 heteroatoms. The lowest BCUT2D eigenvalue weighted by Gasteiger charge is -2.29. The molecule has 0 aliphatic carbocycles. The number of nitrogens with two attached hydrogens (primary N) is 1. The number of nitrogens with one attached hydrogen (secondary N) is 1. The third kappa shape index (κ3) is 3.80. The van der Waals surface area contributed by atoms with E-state index < -0.39 is 6.03 Å². The first-order chi connectivity index (χ1) is 9.45. The third-order valence-electron chi connectivity index (χ3n) is 3.42. The zero-order valence-corrected chi connectivity index (χ0v) is 13.0. The van der Waals surface area contributed by atoms with Gasteiger partial charge in [-0.05, 0) is 36.1 Å². The maximum atomic E-state index is 11.4. The summed E-state index contributed by atoms with van der Waals surface area (Å²) >= 11 is 3.61. The van der Waals surface area contributed by atoms with Crippen molar-refractivity contribution in [2.24, 2.45) is 5.73 Å². The molecule has 1 aliphatic heterocycles. The van der Waals surface area contributed by atoms with E-state index in [0.29, 0.717) is 6.54 Å². The summed E-state index contributed by atoms with van der Waals surface area (Å²) in [6, 6.07) is 3.53. The topological polar surface area (TPSA) is 75.4 Å². The molecule has 0 saturated heterocycles. The lowest BCUT2D eigenvalue weighted by atomic mass is 9.97. The Morgan fingerprint density at radius 1 is 1.45 bits per heavy atom. The van der Waals surface area contributed by atoms with Gasteiger partial charge in [0.05, 0.1) is 0 Å². The van der Waals surface area contributed by atoms with Crippen LogP contribution in [0, 0.1) is 6.92 Å². The van der Waals surface area contributed by atoms with E-state index in [0.717, 1.165) is 19.5 Å². The summed E-state index contributed by atoms with van der Waals surface area (Å²) in [6.07, 6.45) is 1.25. The molecule has 0 atom stereocenters. The minimum Gasteiger partial charge on any atom is -0.351 e. The van der Waals surface area contributed by atoms with E-state index in [1.165, 1.54) is 21.2 Å². The molecule has 20 heavy (non-hydrogen) atoms. The number of fused-ring (bicyclic) bond motifs is 1. The van der Waals surface area contributed by atoms with Crippen molar-refractivity contribution in [3.63, 3.8) is 0 Å². The summed E-state index contributed by atoms with van der Waals surface area (Å²) in [5, 5.41) is 2.09. The minimum absolute atomic E-state index is 0.283. The van der Waals surface area contributed by atoms with Crippen LogP contribution < -0.4 is 11.1 Å². The van der Waals surface area contributed by atoms with Gasteiger partial charge < -0.3 is 5.73 Å². The lowest BCUT2D eigenvalue weighted by Crippen LogP contribution is -2.38. The average molecular weight is 340 g/mol. The van der Waals surface area contributed by atoms with Crippen molar-refractivity contribution in [3.8, 4) is 0 Å². The second-order valence-electron chi connectivity index (χ2n) is 5.07. The van der Waals surface area contributed by atoms with Crippen LogP contribution >= 0.6 is 15.9 Å². The van der Waals surface area contributed by atoms with Gasteiger partial charge >= 0.3 is 6.03 Å². The van der Waals surface area contributed by atoms with Crippen LogP contribution in [0.15, 0.2) is 16.6 Å². The van der Waals surface area contributed by atoms with Gasteiger partial charge in [-0.25, -0.2) is 4.79 Å².